The lowest BCUT2D eigenvalue weighted by Gasteiger charge is -2.36. The molecule has 0 radical (unpaired) electrons. The smallest absolute Gasteiger partial charge is 0.132 e. The standard InChI is InChI=1S/C17H18O/c1-13-8-9-16-14(12-13)10-11-17(2,18-16)15-6-4-3-5-7-15/h3-9,12H,10-11H2,1-2H3. The van der Waals surface area contributed by atoms with Gasteiger partial charge in [0.2, 0.25) is 0 Å². The molecule has 0 N–H and O–H groups in total. The van der Waals surface area contributed by atoms with Gasteiger partial charge in [-0.05, 0) is 43.9 Å². The van der Waals surface area contributed by atoms with Gasteiger partial charge in [0.15, 0.2) is 0 Å². The van der Waals surface area contributed by atoms with E-state index >= 15 is 0 Å². The van der Waals surface area contributed by atoms with Gasteiger partial charge >= 0.3 is 0 Å². The SMILES string of the molecule is Cc1ccc2c(c1)CCC(C)(c1ccccc1)O2. The summed E-state index contributed by atoms with van der Waals surface area (Å²) in [5.74, 6) is 1.04. The Balaban J connectivity index is 1.97. The minimum atomic E-state index is -0.191. The summed E-state index contributed by atoms with van der Waals surface area (Å²) in [6.45, 7) is 4.32. The first kappa shape index (κ1) is 11.3. The van der Waals surface area contributed by atoms with Crippen LogP contribution >= 0.6 is 0 Å². The predicted molar refractivity (Wildman–Crippen MR) is 73.9 cm³/mol. The molecule has 0 bridgehead atoms. The summed E-state index contributed by atoms with van der Waals surface area (Å²) in [6, 6.07) is 17.0. The van der Waals surface area contributed by atoms with Gasteiger partial charge in [0.05, 0.1) is 0 Å². The fraction of sp³-hybridized carbons (Fsp3) is 0.294. The topological polar surface area (TPSA) is 9.23 Å². The monoisotopic (exact) mass is 238 g/mol. The molecule has 1 aliphatic heterocycles. The minimum Gasteiger partial charge on any atom is -0.483 e. The normalized spacial score (nSPS) is 22.1. The van der Waals surface area contributed by atoms with E-state index in [2.05, 4.69) is 56.3 Å². The van der Waals surface area contributed by atoms with Crippen LogP contribution in [0.3, 0.4) is 0 Å². The Bertz CT molecular complexity index is 559. The molecule has 0 fully saturated rings. The van der Waals surface area contributed by atoms with Crippen LogP contribution in [0.15, 0.2) is 48.5 Å². The van der Waals surface area contributed by atoms with Crippen LogP contribution < -0.4 is 4.74 Å². The van der Waals surface area contributed by atoms with Crippen molar-refractivity contribution in [3.8, 4) is 5.75 Å². The fourth-order valence-electron chi connectivity index (χ4n) is 2.66. The largest absolute Gasteiger partial charge is 0.483 e. The summed E-state index contributed by atoms with van der Waals surface area (Å²) in [5, 5.41) is 0. The summed E-state index contributed by atoms with van der Waals surface area (Å²) in [6.07, 6.45) is 2.12. The van der Waals surface area contributed by atoms with Crippen molar-refractivity contribution in [2.75, 3.05) is 0 Å². The van der Waals surface area contributed by atoms with E-state index in [1.807, 2.05) is 6.07 Å². The van der Waals surface area contributed by atoms with Gasteiger partial charge < -0.3 is 4.74 Å². The van der Waals surface area contributed by atoms with E-state index in [1.54, 1.807) is 0 Å². The lowest BCUT2D eigenvalue weighted by molar-refractivity contribution is 0.0625. The lowest BCUT2D eigenvalue weighted by atomic mass is 9.86. The van der Waals surface area contributed by atoms with Crippen molar-refractivity contribution < 1.29 is 4.74 Å². The molecule has 1 heterocycles. The molecule has 2 aromatic rings. The van der Waals surface area contributed by atoms with E-state index in [9.17, 15) is 0 Å². The third kappa shape index (κ3) is 1.90. The van der Waals surface area contributed by atoms with E-state index in [4.69, 9.17) is 4.74 Å². The quantitative estimate of drug-likeness (QED) is 0.722. The highest BCUT2D eigenvalue weighted by molar-refractivity contribution is 5.40. The van der Waals surface area contributed by atoms with E-state index in [0.29, 0.717) is 0 Å². The average molecular weight is 238 g/mol. The molecule has 0 saturated carbocycles. The Hall–Kier alpha value is -1.76. The summed E-state index contributed by atoms with van der Waals surface area (Å²) in [4.78, 5) is 0. The molecular weight excluding hydrogens is 220 g/mol. The van der Waals surface area contributed by atoms with Crippen molar-refractivity contribution in [2.45, 2.75) is 32.3 Å². The van der Waals surface area contributed by atoms with Gasteiger partial charge in [-0.15, -0.1) is 0 Å². The van der Waals surface area contributed by atoms with Crippen LogP contribution in [0.1, 0.15) is 30.0 Å². The van der Waals surface area contributed by atoms with Crippen molar-refractivity contribution >= 4 is 0 Å². The molecule has 92 valence electrons. The minimum absolute atomic E-state index is 0.191. The fourth-order valence-corrected chi connectivity index (χ4v) is 2.66. The number of fused-ring (bicyclic) bond motifs is 1. The van der Waals surface area contributed by atoms with Gasteiger partial charge in [-0.3, -0.25) is 0 Å². The van der Waals surface area contributed by atoms with Gasteiger partial charge in [-0.2, -0.15) is 0 Å². The van der Waals surface area contributed by atoms with Crippen LogP contribution in [0, 0.1) is 6.92 Å². The maximum Gasteiger partial charge on any atom is 0.132 e. The number of hydrogen-bond donors (Lipinski definition) is 0. The van der Waals surface area contributed by atoms with Crippen LogP contribution in [0.2, 0.25) is 0 Å². The molecule has 1 nitrogen and oxygen atoms in total. The molecule has 0 aliphatic carbocycles. The van der Waals surface area contributed by atoms with Crippen LogP contribution in [0.4, 0.5) is 0 Å². The Kier molecular flexibility index (Phi) is 2.62. The van der Waals surface area contributed by atoms with Gasteiger partial charge in [0.25, 0.3) is 0 Å². The molecule has 1 aliphatic rings. The van der Waals surface area contributed by atoms with Crippen molar-refractivity contribution in [1.29, 1.82) is 0 Å². The summed E-state index contributed by atoms with van der Waals surface area (Å²) < 4.78 is 6.26. The van der Waals surface area contributed by atoms with Crippen LogP contribution in [-0.4, -0.2) is 0 Å². The summed E-state index contributed by atoms with van der Waals surface area (Å²) in [5.41, 5.74) is 3.71. The molecule has 3 rings (SSSR count). The second kappa shape index (κ2) is 4.16. The third-order valence-electron chi connectivity index (χ3n) is 3.81. The lowest BCUT2D eigenvalue weighted by Crippen LogP contribution is -2.33. The van der Waals surface area contributed by atoms with Crippen LogP contribution in [-0.2, 0) is 12.0 Å². The zero-order valence-electron chi connectivity index (χ0n) is 10.9. The molecule has 1 heteroatoms. The average Bonchev–Trinajstić information content (AvgIpc) is 2.40. The number of hydrogen-bond acceptors (Lipinski definition) is 1. The van der Waals surface area contributed by atoms with Crippen LogP contribution in [0.5, 0.6) is 5.75 Å². The van der Waals surface area contributed by atoms with Crippen molar-refractivity contribution in [1.82, 2.24) is 0 Å². The highest BCUT2D eigenvalue weighted by Crippen LogP contribution is 2.39. The first-order valence-electron chi connectivity index (χ1n) is 6.51. The van der Waals surface area contributed by atoms with Crippen molar-refractivity contribution in [3.63, 3.8) is 0 Å². The molecule has 0 aromatic heterocycles. The molecule has 0 spiro atoms. The summed E-state index contributed by atoms with van der Waals surface area (Å²) >= 11 is 0. The Morgan fingerprint density at radius 1 is 1.06 bits per heavy atom. The van der Waals surface area contributed by atoms with E-state index in [-0.39, 0.29) is 5.60 Å². The first-order chi connectivity index (χ1) is 8.67. The van der Waals surface area contributed by atoms with E-state index in [0.717, 1.165) is 18.6 Å². The highest BCUT2D eigenvalue weighted by atomic mass is 16.5. The molecule has 18 heavy (non-hydrogen) atoms. The maximum absolute atomic E-state index is 6.26. The van der Waals surface area contributed by atoms with Gasteiger partial charge in [-0.25, -0.2) is 0 Å². The molecule has 0 amide bonds. The summed E-state index contributed by atoms with van der Waals surface area (Å²) in [7, 11) is 0. The Morgan fingerprint density at radius 2 is 1.83 bits per heavy atom. The number of ether oxygens (including phenoxy) is 1. The molecule has 1 atom stereocenters. The second-order valence-corrected chi connectivity index (χ2v) is 5.31. The van der Waals surface area contributed by atoms with Gasteiger partial charge in [-0.1, -0.05) is 48.0 Å². The molecular formula is C17H18O. The Labute approximate surface area is 108 Å². The van der Waals surface area contributed by atoms with Gasteiger partial charge in [0.1, 0.15) is 11.4 Å². The third-order valence-corrected chi connectivity index (χ3v) is 3.81. The molecule has 1 unspecified atom stereocenters. The highest BCUT2D eigenvalue weighted by Gasteiger charge is 2.33. The maximum atomic E-state index is 6.26. The number of benzene rings is 2. The second-order valence-electron chi connectivity index (χ2n) is 5.31. The number of aryl methyl sites for hydroxylation is 2. The van der Waals surface area contributed by atoms with E-state index in [1.165, 1.54) is 16.7 Å². The molecule has 2 aromatic carbocycles. The van der Waals surface area contributed by atoms with Gasteiger partial charge in [0, 0.05) is 0 Å². The van der Waals surface area contributed by atoms with Crippen molar-refractivity contribution in [3.05, 3.63) is 65.2 Å². The predicted octanol–water partition coefficient (Wildman–Crippen LogP) is 4.24. The van der Waals surface area contributed by atoms with E-state index < -0.39 is 0 Å². The zero-order valence-corrected chi connectivity index (χ0v) is 10.9. The zero-order chi connectivity index (χ0) is 12.6. The Morgan fingerprint density at radius 3 is 2.61 bits per heavy atom. The van der Waals surface area contributed by atoms with Crippen molar-refractivity contribution in [2.24, 2.45) is 0 Å². The van der Waals surface area contributed by atoms with Crippen LogP contribution in [0.25, 0.3) is 0 Å². The first-order valence-corrected chi connectivity index (χ1v) is 6.51. The number of rotatable bonds is 1. The molecule has 0 saturated heterocycles.